The molecule has 0 bridgehead atoms. The highest BCUT2D eigenvalue weighted by molar-refractivity contribution is 7.89. The lowest BCUT2D eigenvalue weighted by molar-refractivity contribution is -0.116. The third kappa shape index (κ3) is 4.81. The van der Waals surface area contributed by atoms with Gasteiger partial charge in [0.15, 0.2) is 0 Å². The summed E-state index contributed by atoms with van der Waals surface area (Å²) in [5.41, 5.74) is 0.245. The van der Waals surface area contributed by atoms with Gasteiger partial charge in [0.2, 0.25) is 15.9 Å². The fourth-order valence-electron chi connectivity index (χ4n) is 2.47. The molecule has 140 valence electrons. The lowest BCUT2D eigenvalue weighted by Crippen LogP contribution is -2.37. The number of nitrogens with zero attached hydrogens (tertiary/aromatic N) is 1. The lowest BCUT2D eigenvalue weighted by atomic mass is 10.3. The minimum atomic E-state index is -3.93. The van der Waals surface area contributed by atoms with Crippen molar-refractivity contribution in [3.8, 4) is 0 Å². The summed E-state index contributed by atoms with van der Waals surface area (Å²) in [6, 6.07) is 16.4. The molecule has 6 nitrogen and oxygen atoms in total. The number of halogens is 1. The van der Waals surface area contributed by atoms with Crippen LogP contribution in [0.1, 0.15) is 5.76 Å². The number of amides is 1. The van der Waals surface area contributed by atoms with Gasteiger partial charge in [-0.05, 0) is 42.5 Å². The monoisotopic (exact) mass is 388 g/mol. The summed E-state index contributed by atoms with van der Waals surface area (Å²) in [4.78, 5) is 12.4. The van der Waals surface area contributed by atoms with E-state index in [-0.39, 0.29) is 17.1 Å². The Bertz CT molecular complexity index is 1010. The van der Waals surface area contributed by atoms with E-state index in [1.165, 1.54) is 36.6 Å². The number of hydrogen-bond donors (Lipinski definition) is 1. The second-order valence-electron chi connectivity index (χ2n) is 5.72. The molecule has 0 unspecified atom stereocenters. The smallest absolute Gasteiger partial charge is 0.243 e. The summed E-state index contributed by atoms with van der Waals surface area (Å²) in [7, 11) is -3.93. The van der Waals surface area contributed by atoms with E-state index in [1.54, 1.807) is 30.3 Å². The first-order valence-electron chi connectivity index (χ1n) is 8.08. The molecule has 0 aliphatic heterocycles. The number of anilines is 1. The molecule has 0 saturated carbocycles. The van der Waals surface area contributed by atoms with Crippen molar-refractivity contribution in [1.82, 2.24) is 4.31 Å². The Balaban J connectivity index is 1.82. The average Bonchev–Trinajstić information content (AvgIpc) is 3.15. The van der Waals surface area contributed by atoms with Gasteiger partial charge in [-0.25, -0.2) is 12.8 Å². The molecule has 1 heterocycles. The highest BCUT2D eigenvalue weighted by Crippen LogP contribution is 2.19. The number of carbonyl (C=O) groups excluding carboxylic acids is 1. The molecular weight excluding hydrogens is 371 g/mol. The van der Waals surface area contributed by atoms with Crippen LogP contribution in [0.3, 0.4) is 0 Å². The van der Waals surface area contributed by atoms with Crippen molar-refractivity contribution in [1.29, 1.82) is 0 Å². The highest BCUT2D eigenvalue weighted by Gasteiger charge is 2.27. The summed E-state index contributed by atoms with van der Waals surface area (Å²) in [6.45, 7) is -0.560. The SMILES string of the molecule is O=C(CN(Cc1ccco1)S(=O)(=O)c1ccccc1)Nc1cccc(F)c1. The third-order valence-corrected chi connectivity index (χ3v) is 5.53. The molecule has 2 aromatic carbocycles. The van der Waals surface area contributed by atoms with Crippen LogP contribution in [0.15, 0.2) is 82.3 Å². The van der Waals surface area contributed by atoms with E-state index in [0.717, 1.165) is 10.4 Å². The Morgan fingerprint density at radius 2 is 1.81 bits per heavy atom. The van der Waals surface area contributed by atoms with E-state index in [4.69, 9.17) is 4.42 Å². The van der Waals surface area contributed by atoms with Crippen LogP contribution in [0.2, 0.25) is 0 Å². The van der Waals surface area contributed by atoms with Crippen molar-refractivity contribution in [2.45, 2.75) is 11.4 Å². The maximum Gasteiger partial charge on any atom is 0.243 e. The van der Waals surface area contributed by atoms with Crippen LogP contribution in [0.4, 0.5) is 10.1 Å². The topological polar surface area (TPSA) is 79.6 Å². The van der Waals surface area contributed by atoms with Crippen LogP contribution in [0, 0.1) is 5.82 Å². The number of carbonyl (C=O) groups is 1. The summed E-state index contributed by atoms with van der Waals surface area (Å²) < 4.78 is 45.4. The van der Waals surface area contributed by atoms with E-state index in [9.17, 15) is 17.6 Å². The zero-order valence-electron chi connectivity index (χ0n) is 14.2. The van der Waals surface area contributed by atoms with Crippen molar-refractivity contribution >= 4 is 21.6 Å². The van der Waals surface area contributed by atoms with Gasteiger partial charge in [0, 0.05) is 5.69 Å². The molecule has 0 radical (unpaired) electrons. The van der Waals surface area contributed by atoms with Gasteiger partial charge in [0.25, 0.3) is 0 Å². The summed E-state index contributed by atoms with van der Waals surface area (Å²) in [5.74, 6) is -0.697. The maximum absolute atomic E-state index is 13.3. The van der Waals surface area contributed by atoms with Gasteiger partial charge in [-0.2, -0.15) is 4.31 Å². The summed E-state index contributed by atoms with van der Waals surface area (Å²) in [5, 5.41) is 2.50. The molecule has 0 aliphatic carbocycles. The molecule has 8 heteroatoms. The zero-order valence-corrected chi connectivity index (χ0v) is 15.0. The van der Waals surface area contributed by atoms with E-state index >= 15 is 0 Å². The minimum Gasteiger partial charge on any atom is -0.468 e. The van der Waals surface area contributed by atoms with Gasteiger partial charge >= 0.3 is 0 Å². The third-order valence-electron chi connectivity index (χ3n) is 3.72. The second-order valence-corrected chi connectivity index (χ2v) is 7.66. The van der Waals surface area contributed by atoms with Crippen LogP contribution >= 0.6 is 0 Å². The van der Waals surface area contributed by atoms with Gasteiger partial charge in [-0.1, -0.05) is 24.3 Å². The number of nitrogens with one attached hydrogen (secondary N) is 1. The van der Waals surface area contributed by atoms with Crippen LogP contribution in [0.25, 0.3) is 0 Å². The normalized spacial score (nSPS) is 11.5. The maximum atomic E-state index is 13.3. The van der Waals surface area contributed by atoms with E-state index in [2.05, 4.69) is 5.32 Å². The van der Waals surface area contributed by atoms with Crippen LogP contribution in [-0.2, 0) is 21.4 Å². The Hall–Kier alpha value is -2.97. The molecule has 27 heavy (non-hydrogen) atoms. The summed E-state index contributed by atoms with van der Waals surface area (Å²) in [6.07, 6.45) is 1.43. The Labute approximate surface area is 156 Å². The molecule has 3 aromatic rings. The van der Waals surface area contributed by atoms with Crippen molar-refractivity contribution < 1.29 is 22.0 Å². The molecule has 0 aliphatic rings. The molecule has 0 fully saturated rings. The first-order valence-corrected chi connectivity index (χ1v) is 9.52. The fraction of sp³-hybridized carbons (Fsp3) is 0.105. The Morgan fingerprint density at radius 3 is 2.48 bits per heavy atom. The van der Waals surface area contributed by atoms with Crippen molar-refractivity contribution in [2.75, 3.05) is 11.9 Å². The molecule has 0 atom stereocenters. The lowest BCUT2D eigenvalue weighted by Gasteiger charge is -2.21. The first-order chi connectivity index (χ1) is 12.9. The molecular formula is C19H17FN2O4S. The van der Waals surface area contributed by atoms with Crippen molar-refractivity contribution in [2.24, 2.45) is 0 Å². The van der Waals surface area contributed by atoms with Crippen LogP contribution in [0.5, 0.6) is 0 Å². The van der Waals surface area contributed by atoms with Gasteiger partial charge in [-0.15, -0.1) is 0 Å². The number of furan rings is 1. The average molecular weight is 388 g/mol. The zero-order chi connectivity index (χ0) is 19.3. The Morgan fingerprint density at radius 1 is 1.04 bits per heavy atom. The fourth-order valence-corrected chi connectivity index (χ4v) is 3.85. The molecule has 3 rings (SSSR count). The van der Waals surface area contributed by atoms with Crippen LogP contribution < -0.4 is 5.32 Å². The number of rotatable bonds is 7. The predicted molar refractivity (Wildman–Crippen MR) is 97.8 cm³/mol. The van der Waals surface area contributed by atoms with Gasteiger partial charge in [0.1, 0.15) is 11.6 Å². The largest absolute Gasteiger partial charge is 0.468 e. The van der Waals surface area contributed by atoms with E-state index in [1.807, 2.05) is 0 Å². The molecule has 1 amide bonds. The number of sulfonamides is 1. The van der Waals surface area contributed by atoms with Crippen LogP contribution in [-0.4, -0.2) is 25.2 Å². The summed E-state index contributed by atoms with van der Waals surface area (Å²) >= 11 is 0. The molecule has 1 N–H and O–H groups in total. The van der Waals surface area contributed by atoms with Crippen molar-refractivity contribution in [3.05, 3.63) is 84.6 Å². The van der Waals surface area contributed by atoms with Gasteiger partial charge in [-0.3, -0.25) is 4.79 Å². The predicted octanol–water partition coefficient (Wildman–Crippen LogP) is 3.25. The quantitative estimate of drug-likeness (QED) is 0.674. The van der Waals surface area contributed by atoms with Crippen molar-refractivity contribution in [3.63, 3.8) is 0 Å². The standard InChI is InChI=1S/C19H17FN2O4S/c20-15-6-4-7-16(12-15)21-19(23)14-22(13-17-8-5-11-26-17)27(24,25)18-9-2-1-3-10-18/h1-12H,13-14H2,(H,21,23). The number of benzene rings is 2. The number of hydrogen-bond acceptors (Lipinski definition) is 4. The highest BCUT2D eigenvalue weighted by atomic mass is 32.2. The first kappa shape index (κ1) is 18.8. The van der Waals surface area contributed by atoms with Gasteiger partial charge in [0.05, 0.1) is 24.2 Å². The molecule has 0 saturated heterocycles. The molecule has 0 spiro atoms. The van der Waals surface area contributed by atoms with E-state index in [0.29, 0.717) is 5.76 Å². The van der Waals surface area contributed by atoms with Gasteiger partial charge < -0.3 is 9.73 Å². The van der Waals surface area contributed by atoms with E-state index < -0.39 is 28.3 Å². The second kappa shape index (κ2) is 8.15. The Kier molecular flexibility index (Phi) is 5.68. The molecule has 1 aromatic heterocycles. The minimum absolute atomic E-state index is 0.0649.